The van der Waals surface area contributed by atoms with Crippen molar-refractivity contribution in [3.05, 3.63) is 28.2 Å². The number of carbonyl (C=O) groups excluding carboxylic acids is 2. The first-order chi connectivity index (χ1) is 18.2. The number of amides is 2. The van der Waals surface area contributed by atoms with Gasteiger partial charge in [0.1, 0.15) is 29.9 Å². The molecule has 1 saturated heterocycles. The van der Waals surface area contributed by atoms with Gasteiger partial charge in [-0.25, -0.2) is 9.79 Å². The van der Waals surface area contributed by atoms with Crippen molar-refractivity contribution in [3.8, 4) is 0 Å². The average Bonchev–Trinajstić information content (AvgIpc) is 3.31. The first-order valence-electron chi connectivity index (χ1n) is 11.4. The van der Waals surface area contributed by atoms with E-state index in [-0.39, 0.29) is 40.7 Å². The van der Waals surface area contributed by atoms with Gasteiger partial charge in [-0.1, -0.05) is 5.16 Å². The van der Waals surface area contributed by atoms with Gasteiger partial charge in [0, 0.05) is 29.6 Å². The number of thioether (sulfide) groups is 2. The summed E-state index contributed by atoms with van der Waals surface area (Å²) in [5.41, 5.74) is 17.9. The SMILES string of the molecule is CCO/N=C(\C(=O)N[C@@H]1C(=O)N2C(C(=O)O)=C(CSC3=CC(N)N(CC)C(N)=N3)CS[C@H]12)c1nsc(N)n1. The Morgan fingerprint density at radius 1 is 1.37 bits per heavy atom. The molecule has 38 heavy (non-hydrogen) atoms. The van der Waals surface area contributed by atoms with Crippen LogP contribution in [0.25, 0.3) is 0 Å². The topological polar surface area (TPSA) is 228 Å². The van der Waals surface area contributed by atoms with E-state index in [1.807, 2.05) is 6.92 Å². The van der Waals surface area contributed by atoms with E-state index in [2.05, 4.69) is 24.8 Å². The number of nitrogens with zero attached hydrogens (tertiary/aromatic N) is 6. The van der Waals surface area contributed by atoms with Crippen molar-refractivity contribution in [1.82, 2.24) is 24.5 Å². The third-order valence-electron chi connectivity index (χ3n) is 5.62. The van der Waals surface area contributed by atoms with Crippen molar-refractivity contribution >= 4 is 69.6 Å². The molecule has 18 heteroatoms. The number of aliphatic imine (C=N–C) groups is 1. The second kappa shape index (κ2) is 11.6. The summed E-state index contributed by atoms with van der Waals surface area (Å²) < 4.78 is 3.98. The molecule has 1 aromatic rings. The van der Waals surface area contributed by atoms with Gasteiger partial charge in [-0.15, -0.1) is 23.5 Å². The number of oxime groups is 1. The van der Waals surface area contributed by atoms with Gasteiger partial charge in [0.15, 0.2) is 11.1 Å². The Kier molecular flexibility index (Phi) is 8.44. The number of aliphatic carboxylic acids is 1. The highest BCUT2D eigenvalue weighted by Gasteiger charge is 2.54. The van der Waals surface area contributed by atoms with Crippen molar-refractivity contribution in [1.29, 1.82) is 0 Å². The normalized spacial score (nSPS) is 23.4. The number of carboxylic acid groups (broad SMARTS) is 1. The highest BCUT2D eigenvalue weighted by atomic mass is 32.2. The van der Waals surface area contributed by atoms with E-state index in [0.717, 1.165) is 11.5 Å². The highest BCUT2D eigenvalue weighted by Crippen LogP contribution is 2.41. The molecule has 0 bridgehead atoms. The minimum Gasteiger partial charge on any atom is -0.477 e. The van der Waals surface area contributed by atoms with E-state index in [4.69, 9.17) is 22.0 Å². The number of fused-ring (bicyclic) bond motifs is 1. The van der Waals surface area contributed by atoms with Crippen LogP contribution in [0.3, 0.4) is 0 Å². The Labute approximate surface area is 229 Å². The summed E-state index contributed by atoms with van der Waals surface area (Å²) in [5, 5.41) is 16.4. The van der Waals surface area contributed by atoms with Crippen LogP contribution >= 0.6 is 35.1 Å². The second-order valence-corrected chi connectivity index (χ2v) is 10.9. The number of nitrogen functional groups attached to an aromatic ring is 1. The molecule has 204 valence electrons. The Morgan fingerprint density at radius 2 is 2.13 bits per heavy atom. The molecule has 3 atom stereocenters. The maximum absolute atomic E-state index is 13.0. The van der Waals surface area contributed by atoms with Crippen molar-refractivity contribution in [3.63, 3.8) is 0 Å². The molecule has 0 aromatic carbocycles. The Hall–Kier alpha value is -3.35. The number of aromatic nitrogens is 2. The molecule has 4 heterocycles. The molecule has 15 nitrogen and oxygen atoms in total. The molecule has 1 fully saturated rings. The van der Waals surface area contributed by atoms with Crippen molar-refractivity contribution in [2.24, 2.45) is 21.6 Å². The number of carboxylic acids is 1. The quantitative estimate of drug-likeness (QED) is 0.128. The zero-order chi connectivity index (χ0) is 27.6. The zero-order valence-electron chi connectivity index (χ0n) is 20.4. The molecule has 1 aromatic heterocycles. The molecule has 0 spiro atoms. The van der Waals surface area contributed by atoms with Gasteiger partial charge in [-0.05, 0) is 25.5 Å². The van der Waals surface area contributed by atoms with Crippen LogP contribution in [0.4, 0.5) is 5.13 Å². The zero-order valence-corrected chi connectivity index (χ0v) is 22.8. The van der Waals surface area contributed by atoms with Crippen LogP contribution in [0.2, 0.25) is 0 Å². The van der Waals surface area contributed by atoms with Gasteiger partial charge in [0.25, 0.3) is 11.8 Å². The molecule has 2 amide bonds. The molecule has 0 radical (unpaired) electrons. The van der Waals surface area contributed by atoms with E-state index in [0.29, 0.717) is 22.9 Å². The van der Waals surface area contributed by atoms with Crippen LogP contribution in [0.5, 0.6) is 0 Å². The number of hydrogen-bond acceptors (Lipinski definition) is 15. The number of β-lactam (4-membered cyclic amide) rings is 1. The Balaban J connectivity index is 1.47. The highest BCUT2D eigenvalue weighted by molar-refractivity contribution is 8.03. The van der Waals surface area contributed by atoms with Crippen molar-refractivity contribution in [2.45, 2.75) is 31.4 Å². The minimum atomic E-state index is -1.24. The van der Waals surface area contributed by atoms with Gasteiger partial charge in [0.05, 0.1) is 5.03 Å². The number of nitrogens with one attached hydrogen (secondary N) is 1. The molecule has 1 unspecified atom stereocenters. The molecule has 8 N–H and O–H groups in total. The van der Waals surface area contributed by atoms with E-state index < -0.39 is 35.4 Å². The smallest absolute Gasteiger partial charge is 0.352 e. The van der Waals surface area contributed by atoms with Crippen molar-refractivity contribution < 1.29 is 24.3 Å². The monoisotopic (exact) mass is 582 g/mol. The molecule has 3 aliphatic rings. The van der Waals surface area contributed by atoms with E-state index in [1.54, 1.807) is 17.9 Å². The molecule has 0 saturated carbocycles. The maximum atomic E-state index is 13.0. The summed E-state index contributed by atoms with van der Waals surface area (Å²) in [7, 11) is 0. The van der Waals surface area contributed by atoms with Gasteiger partial charge in [0.2, 0.25) is 11.5 Å². The summed E-state index contributed by atoms with van der Waals surface area (Å²) >= 11 is 3.51. The van der Waals surface area contributed by atoms with Gasteiger partial charge in [-0.2, -0.15) is 9.36 Å². The Morgan fingerprint density at radius 3 is 2.74 bits per heavy atom. The lowest BCUT2D eigenvalue weighted by atomic mass is 10.0. The fourth-order valence-electron chi connectivity index (χ4n) is 3.87. The summed E-state index contributed by atoms with van der Waals surface area (Å²) in [6.07, 6.45) is 1.31. The number of hydrogen-bond donors (Lipinski definition) is 5. The van der Waals surface area contributed by atoms with Gasteiger partial charge < -0.3 is 37.4 Å². The molecule has 0 aliphatic carbocycles. The van der Waals surface area contributed by atoms with E-state index in [9.17, 15) is 19.5 Å². The van der Waals surface area contributed by atoms with E-state index in [1.165, 1.54) is 28.4 Å². The standard InChI is InChI=1S/C20H26N10O5S3/c1-3-29-9(21)5-10(24-19(29)22)36-6-8-7-37-17-12(16(32)30(17)13(8)18(33)34)25-15(31)11(27-35-4-2)14-26-20(23)38-28-14/h5,9,12,17H,3-4,6-7,21H2,1-2H3,(H2,22,24)(H,25,31)(H,33,34)(H2,23,26,28)/b27-11-/t9?,12-,17-/m1/s1. The average molecular weight is 583 g/mol. The number of likely N-dealkylation sites (N-methyl/N-ethyl adjacent to an activating group) is 1. The van der Waals surface area contributed by atoms with Crippen LogP contribution in [0.1, 0.15) is 19.7 Å². The summed E-state index contributed by atoms with van der Waals surface area (Å²) in [4.78, 5) is 54.3. The summed E-state index contributed by atoms with van der Waals surface area (Å²) in [6.45, 7) is 4.38. The molecular formula is C20H26N10O5S3. The Bertz CT molecular complexity index is 1260. The minimum absolute atomic E-state index is 0.0362. The number of nitrogens with two attached hydrogens (primary N) is 3. The number of carbonyl (C=O) groups is 3. The second-order valence-electron chi connectivity index (χ2n) is 7.97. The van der Waals surface area contributed by atoms with Crippen LogP contribution in [0, 0.1) is 0 Å². The predicted octanol–water partition coefficient (Wildman–Crippen LogP) is -0.891. The maximum Gasteiger partial charge on any atom is 0.352 e. The first-order valence-corrected chi connectivity index (χ1v) is 14.2. The lowest BCUT2D eigenvalue weighted by Gasteiger charge is -2.49. The lowest BCUT2D eigenvalue weighted by Crippen LogP contribution is -2.71. The van der Waals surface area contributed by atoms with E-state index >= 15 is 0 Å². The van der Waals surface area contributed by atoms with Crippen molar-refractivity contribution in [2.75, 3.05) is 30.4 Å². The summed E-state index contributed by atoms with van der Waals surface area (Å²) in [6, 6.07) is -0.970. The third-order valence-corrected chi connectivity index (χ3v) is 8.52. The summed E-state index contributed by atoms with van der Waals surface area (Å²) in [5.74, 6) is -1.68. The number of rotatable bonds is 10. The van der Waals surface area contributed by atoms with Gasteiger partial charge >= 0.3 is 5.97 Å². The predicted molar refractivity (Wildman–Crippen MR) is 145 cm³/mol. The van der Waals surface area contributed by atoms with Gasteiger partial charge in [-0.3, -0.25) is 14.5 Å². The molecule has 3 aliphatic heterocycles. The first kappa shape index (κ1) is 27.7. The fourth-order valence-corrected chi connectivity index (χ4v) is 6.73. The van der Waals surface area contributed by atoms with Crippen LogP contribution < -0.4 is 22.5 Å². The molecular weight excluding hydrogens is 556 g/mol. The lowest BCUT2D eigenvalue weighted by molar-refractivity contribution is -0.150. The third kappa shape index (κ3) is 5.42. The molecule has 4 rings (SSSR count). The number of guanidine groups is 1. The number of anilines is 1. The largest absolute Gasteiger partial charge is 0.477 e. The van der Waals surface area contributed by atoms with Crippen LogP contribution in [0.15, 0.2) is 32.5 Å². The fraction of sp³-hybridized carbons (Fsp3) is 0.450. The van der Waals surface area contributed by atoms with Crippen LogP contribution in [-0.4, -0.2) is 96.0 Å². The van der Waals surface area contributed by atoms with Crippen LogP contribution in [-0.2, 0) is 19.2 Å².